The minimum atomic E-state index is -0.361. The average Bonchev–Trinajstić information content (AvgIpc) is 2.38. The normalized spacial score (nSPS) is 9.30. The van der Waals surface area contributed by atoms with Crippen molar-refractivity contribution < 1.29 is 11.0 Å². The van der Waals surface area contributed by atoms with Gasteiger partial charge in [-0.1, -0.05) is 0 Å². The van der Waals surface area contributed by atoms with E-state index in [2.05, 4.69) is 14.9 Å². The molecule has 0 aliphatic rings. The van der Waals surface area contributed by atoms with E-state index in [1.807, 2.05) is 0 Å². The van der Waals surface area contributed by atoms with Gasteiger partial charge in [-0.05, 0) is 13.0 Å². The number of esters is 1. The number of carbonyl (C=O) groups is 1. The van der Waals surface area contributed by atoms with Gasteiger partial charge in [0, 0.05) is 7.62 Å². The first-order valence-corrected chi connectivity index (χ1v) is 3.01. The number of ether oxygens (including phenoxy) is 1. The highest BCUT2D eigenvalue weighted by molar-refractivity contribution is 5.86. The topological polar surface area (TPSA) is 55.0 Å². The predicted molar refractivity (Wildman–Crippen MR) is 36.7 cm³/mol. The molecule has 1 aromatic heterocycles. The number of aromatic nitrogens is 2. The number of hydrogen-bond donors (Lipinski definition) is 1. The van der Waals surface area contributed by atoms with Crippen LogP contribution in [-0.4, -0.2) is 22.8 Å². The molecule has 0 saturated heterocycles. The SMILES string of the molecule is CCOC(=O)c1ccn[nH]1.[HH]. The van der Waals surface area contributed by atoms with E-state index < -0.39 is 0 Å². The highest BCUT2D eigenvalue weighted by Gasteiger charge is 2.05. The molecule has 4 heteroatoms. The summed E-state index contributed by atoms with van der Waals surface area (Å²) >= 11 is 0. The highest BCUT2D eigenvalue weighted by atomic mass is 16.5. The molecule has 0 saturated carbocycles. The number of nitrogens with one attached hydrogen (secondary N) is 1. The Labute approximate surface area is 59.7 Å². The van der Waals surface area contributed by atoms with Crippen LogP contribution in [0.25, 0.3) is 0 Å². The first-order valence-electron chi connectivity index (χ1n) is 3.01. The van der Waals surface area contributed by atoms with Crippen molar-refractivity contribution in [1.82, 2.24) is 10.2 Å². The van der Waals surface area contributed by atoms with Gasteiger partial charge in [0.15, 0.2) is 0 Å². The van der Waals surface area contributed by atoms with Crippen LogP contribution >= 0.6 is 0 Å². The molecule has 0 radical (unpaired) electrons. The van der Waals surface area contributed by atoms with Crippen LogP contribution in [0.5, 0.6) is 0 Å². The smallest absolute Gasteiger partial charge is 0.356 e. The van der Waals surface area contributed by atoms with Gasteiger partial charge in [0.05, 0.1) is 6.61 Å². The quantitative estimate of drug-likeness (QED) is 0.622. The van der Waals surface area contributed by atoms with Crippen molar-refractivity contribution in [1.29, 1.82) is 0 Å². The lowest BCUT2D eigenvalue weighted by atomic mass is 10.4. The molecule has 0 unspecified atom stereocenters. The lowest BCUT2D eigenvalue weighted by molar-refractivity contribution is 0.0519. The summed E-state index contributed by atoms with van der Waals surface area (Å²) < 4.78 is 4.68. The molecule has 56 valence electrons. The highest BCUT2D eigenvalue weighted by Crippen LogP contribution is 1.93. The summed E-state index contributed by atoms with van der Waals surface area (Å²) in [5.74, 6) is -0.361. The van der Waals surface area contributed by atoms with Crippen molar-refractivity contribution in [3.8, 4) is 0 Å². The molecule has 1 rings (SSSR count). The van der Waals surface area contributed by atoms with Crippen LogP contribution in [0.2, 0.25) is 0 Å². The first kappa shape index (κ1) is 6.80. The van der Waals surface area contributed by atoms with Crippen LogP contribution in [0.3, 0.4) is 0 Å². The summed E-state index contributed by atoms with van der Waals surface area (Å²) in [6, 6.07) is 1.57. The Bertz CT molecular complexity index is 210. The van der Waals surface area contributed by atoms with Gasteiger partial charge in [-0.2, -0.15) is 5.10 Å². The van der Waals surface area contributed by atoms with Gasteiger partial charge in [0.1, 0.15) is 5.69 Å². The maximum Gasteiger partial charge on any atom is 0.356 e. The number of aromatic amines is 1. The molecule has 0 aliphatic heterocycles. The van der Waals surface area contributed by atoms with Crippen molar-refractivity contribution in [3.63, 3.8) is 0 Å². The fourth-order valence-corrected chi connectivity index (χ4v) is 0.578. The van der Waals surface area contributed by atoms with Crippen molar-refractivity contribution in [3.05, 3.63) is 18.0 Å². The van der Waals surface area contributed by atoms with E-state index in [0.717, 1.165) is 0 Å². The Balaban J connectivity index is 0.000001000. The van der Waals surface area contributed by atoms with E-state index in [-0.39, 0.29) is 7.40 Å². The van der Waals surface area contributed by atoms with Gasteiger partial charge < -0.3 is 4.74 Å². The molecule has 0 aromatic carbocycles. The zero-order valence-corrected chi connectivity index (χ0v) is 5.63. The van der Waals surface area contributed by atoms with E-state index in [1.165, 1.54) is 6.20 Å². The van der Waals surface area contributed by atoms with Crippen LogP contribution in [0.1, 0.15) is 18.8 Å². The molecule has 1 heterocycles. The standard InChI is InChI=1S/C6H8N2O2.H2/c1-2-10-6(9)5-3-4-7-8-5;/h3-4H,2H2,1H3,(H,7,8);1H. The molecule has 4 nitrogen and oxygen atoms in total. The lowest BCUT2D eigenvalue weighted by Gasteiger charge is -1.95. The molecule has 0 aliphatic carbocycles. The third-order valence-electron chi connectivity index (χ3n) is 0.996. The molecular weight excluding hydrogens is 132 g/mol. The molecule has 0 bridgehead atoms. The fraction of sp³-hybridized carbons (Fsp3) is 0.333. The number of hydrogen-bond acceptors (Lipinski definition) is 3. The van der Waals surface area contributed by atoms with Gasteiger partial charge in [0.2, 0.25) is 0 Å². The Morgan fingerprint density at radius 3 is 3.30 bits per heavy atom. The minimum absolute atomic E-state index is 0. The van der Waals surface area contributed by atoms with Gasteiger partial charge in [-0.25, -0.2) is 4.79 Å². The molecule has 1 N–H and O–H groups in total. The van der Waals surface area contributed by atoms with Crippen molar-refractivity contribution >= 4 is 5.97 Å². The first-order chi connectivity index (χ1) is 4.84. The van der Waals surface area contributed by atoms with Crippen LogP contribution in [0.4, 0.5) is 0 Å². The van der Waals surface area contributed by atoms with Gasteiger partial charge >= 0.3 is 5.97 Å². The Hall–Kier alpha value is -1.32. The largest absolute Gasteiger partial charge is 0.461 e. The van der Waals surface area contributed by atoms with Crippen LogP contribution < -0.4 is 0 Å². The van der Waals surface area contributed by atoms with Gasteiger partial charge in [0.25, 0.3) is 0 Å². The summed E-state index contributed by atoms with van der Waals surface area (Å²) in [6.45, 7) is 2.14. The molecule has 1 aromatic rings. The summed E-state index contributed by atoms with van der Waals surface area (Å²) in [7, 11) is 0. The Morgan fingerprint density at radius 2 is 2.80 bits per heavy atom. The van der Waals surface area contributed by atoms with Crippen LogP contribution in [0.15, 0.2) is 12.3 Å². The van der Waals surface area contributed by atoms with Gasteiger partial charge in [-0.3, -0.25) is 5.10 Å². The molecule has 10 heavy (non-hydrogen) atoms. The maximum absolute atomic E-state index is 10.8. The monoisotopic (exact) mass is 142 g/mol. The third-order valence-corrected chi connectivity index (χ3v) is 0.996. The van der Waals surface area contributed by atoms with Crippen molar-refractivity contribution in [2.45, 2.75) is 6.92 Å². The second-order valence-corrected chi connectivity index (χ2v) is 1.69. The second-order valence-electron chi connectivity index (χ2n) is 1.69. The number of carbonyl (C=O) groups excluding carboxylic acids is 1. The van der Waals surface area contributed by atoms with Crippen LogP contribution in [0, 0.1) is 0 Å². The molecule has 0 amide bonds. The second kappa shape index (κ2) is 3.00. The van der Waals surface area contributed by atoms with Crippen LogP contribution in [-0.2, 0) is 4.74 Å². The summed E-state index contributed by atoms with van der Waals surface area (Å²) in [5.41, 5.74) is 0.391. The summed E-state index contributed by atoms with van der Waals surface area (Å²) in [5, 5.41) is 6.10. The predicted octanol–water partition coefficient (Wildman–Crippen LogP) is 0.832. The zero-order chi connectivity index (χ0) is 7.40. The van der Waals surface area contributed by atoms with E-state index >= 15 is 0 Å². The van der Waals surface area contributed by atoms with E-state index in [4.69, 9.17) is 0 Å². The molecular formula is C6H10N2O2. The molecule has 0 fully saturated rings. The maximum atomic E-state index is 10.8. The van der Waals surface area contributed by atoms with Gasteiger partial charge in [-0.15, -0.1) is 0 Å². The lowest BCUT2D eigenvalue weighted by Crippen LogP contribution is -2.04. The zero-order valence-electron chi connectivity index (χ0n) is 5.63. The van der Waals surface area contributed by atoms with Crippen molar-refractivity contribution in [2.24, 2.45) is 0 Å². The molecule has 0 spiro atoms. The van der Waals surface area contributed by atoms with E-state index in [0.29, 0.717) is 12.3 Å². The fourth-order valence-electron chi connectivity index (χ4n) is 0.578. The number of nitrogens with zero attached hydrogens (tertiary/aromatic N) is 1. The van der Waals surface area contributed by atoms with E-state index in [1.54, 1.807) is 13.0 Å². The Morgan fingerprint density at radius 1 is 2.00 bits per heavy atom. The van der Waals surface area contributed by atoms with Crippen molar-refractivity contribution in [2.75, 3.05) is 6.61 Å². The molecule has 0 atom stereocenters. The Kier molecular flexibility index (Phi) is 2.04. The summed E-state index contributed by atoms with van der Waals surface area (Å²) in [6.07, 6.45) is 1.51. The summed E-state index contributed by atoms with van der Waals surface area (Å²) in [4.78, 5) is 10.8. The average molecular weight is 142 g/mol. The minimum Gasteiger partial charge on any atom is -0.461 e. The number of rotatable bonds is 2. The number of H-pyrrole nitrogens is 1. The van der Waals surface area contributed by atoms with E-state index in [9.17, 15) is 4.79 Å². The third kappa shape index (κ3) is 1.34.